The summed E-state index contributed by atoms with van der Waals surface area (Å²) < 4.78 is 1.73. The molecule has 0 atom stereocenters. The van der Waals surface area contributed by atoms with Crippen LogP contribution in [0.25, 0.3) is 11.3 Å². The van der Waals surface area contributed by atoms with Gasteiger partial charge < -0.3 is 0 Å². The van der Waals surface area contributed by atoms with E-state index in [9.17, 15) is 0 Å². The van der Waals surface area contributed by atoms with Gasteiger partial charge in [0.25, 0.3) is 0 Å². The first-order chi connectivity index (χ1) is 9.60. The molecular formula is C13H12ClN5S. The van der Waals surface area contributed by atoms with Crippen molar-refractivity contribution in [2.45, 2.75) is 13.3 Å². The molecule has 0 fully saturated rings. The predicted molar refractivity (Wildman–Crippen MR) is 78.9 cm³/mol. The van der Waals surface area contributed by atoms with Crippen molar-refractivity contribution in [2.75, 3.05) is 0 Å². The van der Waals surface area contributed by atoms with E-state index in [-0.39, 0.29) is 0 Å². The van der Waals surface area contributed by atoms with Crippen LogP contribution < -0.4 is 0 Å². The van der Waals surface area contributed by atoms with Crippen molar-refractivity contribution in [3.63, 3.8) is 0 Å². The van der Waals surface area contributed by atoms with E-state index in [4.69, 9.17) is 11.6 Å². The van der Waals surface area contributed by atoms with Crippen molar-refractivity contribution in [1.29, 1.82) is 0 Å². The van der Waals surface area contributed by atoms with E-state index >= 15 is 0 Å². The minimum absolute atomic E-state index is 0.431. The van der Waals surface area contributed by atoms with Crippen molar-refractivity contribution in [1.82, 2.24) is 24.7 Å². The van der Waals surface area contributed by atoms with Gasteiger partial charge >= 0.3 is 0 Å². The molecule has 0 amide bonds. The van der Waals surface area contributed by atoms with Gasteiger partial charge in [-0.05, 0) is 6.92 Å². The van der Waals surface area contributed by atoms with Gasteiger partial charge in [-0.25, -0.2) is 15.0 Å². The fourth-order valence-corrected chi connectivity index (χ4v) is 2.71. The summed E-state index contributed by atoms with van der Waals surface area (Å²) in [5, 5.41) is 7.63. The fourth-order valence-electron chi connectivity index (χ4n) is 1.90. The van der Waals surface area contributed by atoms with Crippen molar-refractivity contribution in [3.05, 3.63) is 45.5 Å². The van der Waals surface area contributed by atoms with E-state index < -0.39 is 0 Å². The fraction of sp³-hybridized carbons (Fsp3) is 0.231. The third kappa shape index (κ3) is 2.86. The molecule has 20 heavy (non-hydrogen) atoms. The Balaban J connectivity index is 1.94. The minimum atomic E-state index is 0.431. The molecular weight excluding hydrogens is 294 g/mol. The molecule has 0 aliphatic rings. The Morgan fingerprint density at radius 3 is 2.80 bits per heavy atom. The van der Waals surface area contributed by atoms with Crippen LogP contribution in [0.5, 0.6) is 0 Å². The lowest BCUT2D eigenvalue weighted by Gasteiger charge is -2.02. The molecule has 0 saturated heterocycles. The van der Waals surface area contributed by atoms with Crippen molar-refractivity contribution in [2.24, 2.45) is 7.05 Å². The van der Waals surface area contributed by atoms with Gasteiger partial charge in [0, 0.05) is 30.3 Å². The van der Waals surface area contributed by atoms with E-state index in [2.05, 4.69) is 20.1 Å². The van der Waals surface area contributed by atoms with Gasteiger partial charge in [-0.15, -0.1) is 11.3 Å². The van der Waals surface area contributed by atoms with Crippen molar-refractivity contribution in [3.8, 4) is 11.3 Å². The summed E-state index contributed by atoms with van der Waals surface area (Å²) in [6.45, 7) is 1.98. The van der Waals surface area contributed by atoms with Gasteiger partial charge in [0.1, 0.15) is 11.0 Å². The average Bonchev–Trinajstić information content (AvgIpc) is 2.98. The van der Waals surface area contributed by atoms with Gasteiger partial charge in [-0.1, -0.05) is 11.6 Å². The van der Waals surface area contributed by atoms with Crippen LogP contribution in [-0.2, 0) is 13.5 Å². The van der Waals surface area contributed by atoms with Crippen LogP contribution in [-0.4, -0.2) is 24.7 Å². The van der Waals surface area contributed by atoms with E-state index in [1.165, 1.54) is 0 Å². The Hall–Kier alpha value is -1.79. The molecule has 0 aromatic carbocycles. The molecule has 3 aromatic heterocycles. The van der Waals surface area contributed by atoms with Crippen LogP contribution in [0.4, 0.5) is 0 Å². The molecule has 7 heteroatoms. The number of aryl methyl sites for hydroxylation is 2. The summed E-state index contributed by atoms with van der Waals surface area (Å²) >= 11 is 7.70. The zero-order chi connectivity index (χ0) is 14.1. The summed E-state index contributed by atoms with van der Waals surface area (Å²) in [7, 11) is 1.87. The topological polar surface area (TPSA) is 56.5 Å². The molecule has 0 spiro atoms. The maximum atomic E-state index is 6.08. The van der Waals surface area contributed by atoms with Gasteiger partial charge in [0.15, 0.2) is 0 Å². The maximum absolute atomic E-state index is 6.08. The van der Waals surface area contributed by atoms with Crippen LogP contribution in [0.1, 0.15) is 16.5 Å². The Bertz CT molecular complexity index is 749. The number of nitrogens with zero attached hydrogens (tertiary/aromatic N) is 5. The van der Waals surface area contributed by atoms with Crippen LogP contribution in [0.15, 0.2) is 23.8 Å². The number of aromatic nitrogens is 5. The predicted octanol–water partition coefficient (Wildman–Crippen LogP) is 2.89. The van der Waals surface area contributed by atoms with Crippen LogP contribution in [0, 0.1) is 6.92 Å². The van der Waals surface area contributed by atoms with Crippen LogP contribution in [0.2, 0.25) is 5.15 Å². The van der Waals surface area contributed by atoms with Gasteiger partial charge in [-0.2, -0.15) is 5.10 Å². The first kappa shape index (κ1) is 13.2. The first-order valence-electron chi connectivity index (χ1n) is 6.03. The van der Waals surface area contributed by atoms with E-state index in [0.717, 1.165) is 22.0 Å². The molecule has 0 saturated carbocycles. The van der Waals surface area contributed by atoms with Crippen molar-refractivity contribution < 1.29 is 0 Å². The summed E-state index contributed by atoms with van der Waals surface area (Å²) in [4.78, 5) is 13.2. The Morgan fingerprint density at radius 2 is 2.15 bits per heavy atom. The zero-order valence-electron chi connectivity index (χ0n) is 11.0. The first-order valence-corrected chi connectivity index (χ1v) is 7.29. The molecule has 5 nitrogen and oxygen atoms in total. The minimum Gasteiger partial charge on any atom is -0.275 e. The van der Waals surface area contributed by atoms with Crippen LogP contribution in [0.3, 0.4) is 0 Å². The highest BCUT2D eigenvalue weighted by atomic mass is 35.5. The molecule has 3 rings (SSSR count). The summed E-state index contributed by atoms with van der Waals surface area (Å²) in [5.41, 5.74) is 2.67. The van der Waals surface area contributed by atoms with Gasteiger partial charge in [-0.3, -0.25) is 4.68 Å². The molecule has 0 bridgehead atoms. The largest absolute Gasteiger partial charge is 0.275 e. The second kappa shape index (κ2) is 5.30. The van der Waals surface area contributed by atoms with E-state index in [1.54, 1.807) is 28.3 Å². The Labute approximate surface area is 125 Å². The SMILES string of the molecule is Cc1nc(Cc2nc(Cl)cc(-c3cnn(C)c3)n2)cs1. The zero-order valence-corrected chi connectivity index (χ0v) is 12.6. The highest BCUT2D eigenvalue weighted by Crippen LogP contribution is 2.20. The number of hydrogen-bond acceptors (Lipinski definition) is 5. The second-order valence-corrected chi connectivity index (χ2v) is 5.88. The normalized spacial score (nSPS) is 10.9. The monoisotopic (exact) mass is 305 g/mol. The molecule has 3 heterocycles. The number of thiazole rings is 1. The average molecular weight is 306 g/mol. The number of rotatable bonds is 3. The van der Waals surface area contributed by atoms with E-state index in [1.807, 2.05) is 25.5 Å². The second-order valence-electron chi connectivity index (χ2n) is 4.43. The molecule has 0 unspecified atom stereocenters. The molecule has 0 N–H and O–H groups in total. The standard InChI is InChI=1S/C13H12ClN5S/c1-8-16-10(7-20-8)3-13-17-11(4-12(14)18-13)9-5-15-19(2)6-9/h4-7H,3H2,1-2H3. The van der Waals surface area contributed by atoms with Crippen LogP contribution >= 0.6 is 22.9 Å². The van der Waals surface area contributed by atoms with Crippen molar-refractivity contribution >= 4 is 22.9 Å². The third-order valence-electron chi connectivity index (χ3n) is 2.75. The highest BCUT2D eigenvalue weighted by molar-refractivity contribution is 7.09. The van der Waals surface area contributed by atoms with E-state index in [0.29, 0.717) is 17.4 Å². The number of hydrogen-bond donors (Lipinski definition) is 0. The summed E-state index contributed by atoms with van der Waals surface area (Å²) in [6, 6.07) is 1.74. The number of halogens is 1. The lowest BCUT2D eigenvalue weighted by atomic mass is 10.2. The quantitative estimate of drug-likeness (QED) is 0.698. The molecule has 0 aliphatic heterocycles. The highest BCUT2D eigenvalue weighted by Gasteiger charge is 2.09. The Morgan fingerprint density at radius 1 is 1.30 bits per heavy atom. The molecule has 102 valence electrons. The van der Waals surface area contributed by atoms with Gasteiger partial charge in [0.2, 0.25) is 0 Å². The molecule has 0 radical (unpaired) electrons. The molecule has 0 aliphatic carbocycles. The molecule has 3 aromatic rings. The summed E-state index contributed by atoms with van der Waals surface area (Å²) in [6.07, 6.45) is 4.24. The Kier molecular flexibility index (Phi) is 3.50. The smallest absolute Gasteiger partial charge is 0.136 e. The lowest BCUT2D eigenvalue weighted by molar-refractivity contribution is 0.768. The summed E-state index contributed by atoms with van der Waals surface area (Å²) in [5.74, 6) is 0.668. The maximum Gasteiger partial charge on any atom is 0.136 e. The third-order valence-corrected chi connectivity index (χ3v) is 3.76. The van der Waals surface area contributed by atoms with Gasteiger partial charge in [0.05, 0.1) is 29.0 Å². The lowest BCUT2D eigenvalue weighted by Crippen LogP contribution is -1.99.